The van der Waals surface area contributed by atoms with Crippen molar-refractivity contribution in [3.8, 4) is 0 Å². The summed E-state index contributed by atoms with van der Waals surface area (Å²) in [6.07, 6.45) is 8.69. The van der Waals surface area contributed by atoms with Crippen LogP contribution in [0, 0.1) is 5.92 Å². The lowest BCUT2D eigenvalue weighted by Crippen LogP contribution is -2.42. The van der Waals surface area contributed by atoms with Crippen LogP contribution in [0.15, 0.2) is 12.7 Å². The van der Waals surface area contributed by atoms with Crippen LogP contribution in [0.4, 0.5) is 0 Å². The Morgan fingerprint density at radius 2 is 2.15 bits per heavy atom. The predicted octanol–water partition coefficient (Wildman–Crippen LogP) is 3.12. The largest absolute Gasteiger partial charge is 0.311 e. The molecule has 13 heavy (non-hydrogen) atoms. The Labute approximate surface area is 82.6 Å². The quantitative estimate of drug-likeness (QED) is 0.657. The molecule has 1 saturated carbocycles. The highest BCUT2D eigenvalue weighted by Gasteiger charge is 2.21. The molecular weight excluding hydrogens is 158 g/mol. The second-order valence-corrected chi connectivity index (χ2v) is 4.46. The van der Waals surface area contributed by atoms with Gasteiger partial charge in [0, 0.05) is 12.1 Å². The first kappa shape index (κ1) is 10.8. The lowest BCUT2D eigenvalue weighted by Gasteiger charge is -2.32. The van der Waals surface area contributed by atoms with Crippen molar-refractivity contribution in [2.45, 2.75) is 58.0 Å². The van der Waals surface area contributed by atoms with Gasteiger partial charge in [-0.15, -0.1) is 6.58 Å². The highest BCUT2D eigenvalue weighted by Crippen LogP contribution is 2.24. The fourth-order valence-electron chi connectivity index (χ4n) is 2.25. The topological polar surface area (TPSA) is 12.0 Å². The molecule has 1 aliphatic carbocycles. The van der Waals surface area contributed by atoms with Crippen molar-refractivity contribution in [3.63, 3.8) is 0 Å². The molecule has 1 aliphatic rings. The van der Waals surface area contributed by atoms with E-state index in [1.165, 1.54) is 25.7 Å². The van der Waals surface area contributed by atoms with Gasteiger partial charge in [-0.05, 0) is 32.1 Å². The summed E-state index contributed by atoms with van der Waals surface area (Å²) >= 11 is 0. The molecule has 1 rings (SSSR count). The molecule has 1 heteroatoms. The second-order valence-electron chi connectivity index (χ2n) is 4.46. The Balaban J connectivity index is 2.28. The second kappa shape index (κ2) is 5.43. The first-order valence-electron chi connectivity index (χ1n) is 5.61. The number of hydrogen-bond acceptors (Lipinski definition) is 1. The van der Waals surface area contributed by atoms with Crippen molar-refractivity contribution < 1.29 is 0 Å². The van der Waals surface area contributed by atoms with E-state index < -0.39 is 0 Å². The molecule has 1 N–H and O–H groups in total. The van der Waals surface area contributed by atoms with Crippen LogP contribution in [0.1, 0.15) is 46.0 Å². The van der Waals surface area contributed by atoms with Crippen molar-refractivity contribution in [2.24, 2.45) is 5.92 Å². The van der Waals surface area contributed by atoms with Crippen molar-refractivity contribution in [1.82, 2.24) is 5.32 Å². The maximum atomic E-state index is 3.77. The monoisotopic (exact) mass is 181 g/mol. The zero-order chi connectivity index (χ0) is 9.68. The highest BCUT2D eigenvalue weighted by atomic mass is 14.9. The molecule has 3 unspecified atom stereocenters. The minimum atomic E-state index is 0.600. The Morgan fingerprint density at radius 3 is 2.77 bits per heavy atom. The van der Waals surface area contributed by atoms with Crippen LogP contribution in [-0.2, 0) is 0 Å². The van der Waals surface area contributed by atoms with E-state index in [0.29, 0.717) is 6.04 Å². The molecular formula is C12H23N. The third kappa shape index (κ3) is 3.51. The molecule has 0 saturated heterocycles. The number of hydrogen-bond donors (Lipinski definition) is 1. The van der Waals surface area contributed by atoms with Gasteiger partial charge in [-0.3, -0.25) is 0 Å². The average molecular weight is 181 g/mol. The van der Waals surface area contributed by atoms with Crippen molar-refractivity contribution in [3.05, 3.63) is 12.7 Å². The summed E-state index contributed by atoms with van der Waals surface area (Å²) in [7, 11) is 0. The van der Waals surface area contributed by atoms with Crippen LogP contribution in [0.5, 0.6) is 0 Å². The fourth-order valence-corrected chi connectivity index (χ4v) is 2.25. The van der Waals surface area contributed by atoms with Gasteiger partial charge in [-0.2, -0.15) is 0 Å². The molecule has 0 radical (unpaired) electrons. The number of nitrogens with one attached hydrogen (secondary N) is 1. The molecule has 0 aromatic rings. The maximum absolute atomic E-state index is 3.77. The summed E-state index contributed by atoms with van der Waals surface area (Å²) in [4.78, 5) is 0. The Hall–Kier alpha value is -0.300. The molecule has 0 aliphatic heterocycles. The van der Waals surface area contributed by atoms with Gasteiger partial charge in [0.25, 0.3) is 0 Å². The van der Waals surface area contributed by atoms with Crippen LogP contribution in [0.2, 0.25) is 0 Å². The maximum Gasteiger partial charge on any atom is 0.00952 e. The van der Waals surface area contributed by atoms with E-state index in [4.69, 9.17) is 0 Å². The summed E-state index contributed by atoms with van der Waals surface area (Å²) in [5.41, 5.74) is 0. The molecule has 0 aromatic carbocycles. The van der Waals surface area contributed by atoms with Gasteiger partial charge in [0.05, 0.1) is 0 Å². The van der Waals surface area contributed by atoms with Gasteiger partial charge in [-0.1, -0.05) is 25.8 Å². The van der Waals surface area contributed by atoms with E-state index in [9.17, 15) is 0 Å². The van der Waals surface area contributed by atoms with Crippen LogP contribution in [0.25, 0.3) is 0 Å². The SMILES string of the molecule is C=CCC(C)NC1CCCCC1C. The highest BCUT2D eigenvalue weighted by molar-refractivity contribution is 4.83. The summed E-state index contributed by atoms with van der Waals surface area (Å²) in [5.74, 6) is 0.862. The molecule has 0 bridgehead atoms. The van der Waals surface area contributed by atoms with E-state index >= 15 is 0 Å². The molecule has 1 nitrogen and oxygen atoms in total. The fraction of sp³-hybridized carbons (Fsp3) is 0.833. The van der Waals surface area contributed by atoms with Gasteiger partial charge < -0.3 is 5.32 Å². The Kier molecular flexibility index (Phi) is 4.51. The van der Waals surface area contributed by atoms with E-state index in [-0.39, 0.29) is 0 Å². The third-order valence-corrected chi connectivity index (χ3v) is 3.13. The van der Waals surface area contributed by atoms with Crippen molar-refractivity contribution >= 4 is 0 Å². The van der Waals surface area contributed by atoms with E-state index in [1.807, 2.05) is 6.08 Å². The number of rotatable bonds is 4. The van der Waals surface area contributed by atoms with Gasteiger partial charge in [0.2, 0.25) is 0 Å². The predicted molar refractivity (Wildman–Crippen MR) is 58.8 cm³/mol. The van der Waals surface area contributed by atoms with Crippen molar-refractivity contribution in [2.75, 3.05) is 0 Å². The van der Waals surface area contributed by atoms with E-state index in [1.54, 1.807) is 0 Å². The first-order chi connectivity index (χ1) is 6.24. The molecule has 0 spiro atoms. The van der Waals surface area contributed by atoms with Gasteiger partial charge >= 0.3 is 0 Å². The summed E-state index contributed by atoms with van der Waals surface area (Å²) in [5, 5.41) is 3.70. The van der Waals surface area contributed by atoms with E-state index in [2.05, 4.69) is 25.7 Å². The normalized spacial score (nSPS) is 31.2. The first-order valence-corrected chi connectivity index (χ1v) is 5.61. The minimum absolute atomic E-state index is 0.600. The Bertz CT molecular complexity index is 153. The van der Waals surface area contributed by atoms with Crippen LogP contribution < -0.4 is 5.32 Å². The zero-order valence-electron chi connectivity index (χ0n) is 9.05. The van der Waals surface area contributed by atoms with Gasteiger partial charge in [0.1, 0.15) is 0 Å². The molecule has 0 heterocycles. The zero-order valence-corrected chi connectivity index (χ0v) is 9.05. The molecule has 1 fully saturated rings. The molecule has 0 aromatic heterocycles. The third-order valence-electron chi connectivity index (χ3n) is 3.13. The Morgan fingerprint density at radius 1 is 1.46 bits per heavy atom. The smallest absolute Gasteiger partial charge is 0.00952 e. The van der Waals surface area contributed by atoms with Crippen LogP contribution in [0.3, 0.4) is 0 Å². The van der Waals surface area contributed by atoms with Gasteiger partial charge in [-0.25, -0.2) is 0 Å². The standard InChI is InChI=1S/C12H23N/c1-4-7-11(3)13-12-9-6-5-8-10(12)2/h4,10-13H,1,5-9H2,2-3H3. The average Bonchev–Trinajstić information content (AvgIpc) is 2.09. The van der Waals surface area contributed by atoms with Crippen LogP contribution >= 0.6 is 0 Å². The molecule has 76 valence electrons. The lowest BCUT2D eigenvalue weighted by molar-refractivity contribution is 0.262. The summed E-state index contributed by atoms with van der Waals surface area (Å²) in [6.45, 7) is 8.40. The summed E-state index contributed by atoms with van der Waals surface area (Å²) < 4.78 is 0. The molecule has 3 atom stereocenters. The summed E-state index contributed by atoms with van der Waals surface area (Å²) in [6, 6.07) is 1.35. The van der Waals surface area contributed by atoms with Gasteiger partial charge in [0.15, 0.2) is 0 Å². The van der Waals surface area contributed by atoms with E-state index in [0.717, 1.165) is 18.4 Å². The van der Waals surface area contributed by atoms with Crippen molar-refractivity contribution in [1.29, 1.82) is 0 Å². The molecule has 0 amide bonds. The van der Waals surface area contributed by atoms with Crippen LogP contribution in [-0.4, -0.2) is 12.1 Å². The minimum Gasteiger partial charge on any atom is -0.311 e. The lowest BCUT2D eigenvalue weighted by atomic mass is 9.85.